The molecule has 0 atom stereocenters. The zero-order chi connectivity index (χ0) is 8.27. The Morgan fingerprint density at radius 1 is 1.73 bits per heavy atom. The van der Waals surface area contributed by atoms with Crippen molar-refractivity contribution in [3.8, 4) is 5.88 Å². The summed E-state index contributed by atoms with van der Waals surface area (Å²) in [6.45, 7) is 2.47. The molecule has 0 aliphatic carbocycles. The lowest BCUT2D eigenvalue weighted by atomic mass is 10.5. The molecule has 0 bridgehead atoms. The Hall–Kier alpha value is -0.540. The molecule has 0 saturated carbocycles. The maximum absolute atomic E-state index is 5.81. The van der Waals surface area contributed by atoms with Gasteiger partial charge >= 0.3 is 0 Å². The molecule has 1 rings (SSSR count). The third-order valence-electron chi connectivity index (χ3n) is 1.15. The molecule has 1 aromatic rings. The molecule has 0 aliphatic rings. The fraction of sp³-hybridized carbons (Fsp3) is 0.286. The number of hydrogen-bond acceptors (Lipinski definition) is 2. The molecule has 4 heteroatoms. The molecular weight excluding hydrogens is 182 g/mol. The summed E-state index contributed by atoms with van der Waals surface area (Å²) in [7, 11) is 0. The van der Waals surface area contributed by atoms with Crippen molar-refractivity contribution in [1.29, 1.82) is 0 Å². The van der Waals surface area contributed by atoms with Crippen LogP contribution in [0.5, 0.6) is 5.88 Å². The molecule has 11 heavy (non-hydrogen) atoms. The number of hydrogen-bond donors (Lipinski definition) is 1. The van der Waals surface area contributed by atoms with E-state index in [1.807, 2.05) is 6.92 Å². The fourth-order valence-electron chi connectivity index (χ4n) is 0.691. The Morgan fingerprint density at radius 2 is 2.45 bits per heavy atom. The van der Waals surface area contributed by atoms with E-state index < -0.39 is 0 Å². The minimum absolute atomic E-state index is 0.476. The highest BCUT2D eigenvalue weighted by Gasteiger charge is 2.00. The van der Waals surface area contributed by atoms with Gasteiger partial charge < -0.3 is 9.72 Å². The second-order valence-corrected chi connectivity index (χ2v) is 2.74. The summed E-state index contributed by atoms with van der Waals surface area (Å²) in [5.41, 5.74) is 0. The van der Waals surface area contributed by atoms with Crippen LogP contribution in [0.1, 0.15) is 6.92 Å². The van der Waals surface area contributed by atoms with Crippen molar-refractivity contribution in [3.63, 3.8) is 0 Å². The molecule has 1 aromatic heterocycles. The summed E-state index contributed by atoms with van der Waals surface area (Å²) in [5, 5.41) is 0.476. The highest BCUT2D eigenvalue weighted by Crippen LogP contribution is 2.21. The van der Waals surface area contributed by atoms with Crippen molar-refractivity contribution < 1.29 is 4.74 Å². The molecule has 0 aliphatic heterocycles. The van der Waals surface area contributed by atoms with Gasteiger partial charge in [0.05, 0.1) is 11.1 Å². The number of aromatic amines is 1. The van der Waals surface area contributed by atoms with E-state index in [0.29, 0.717) is 22.0 Å². The van der Waals surface area contributed by atoms with E-state index in [4.69, 9.17) is 28.6 Å². The standard InChI is InChI=1S/C7H8ClNOS/c1-2-10-7-6(8)5(11)3-4-9-7/h3-4H,2H2,1H3,(H,9,11). The average molecular weight is 190 g/mol. The van der Waals surface area contributed by atoms with Crippen LogP contribution in [0.3, 0.4) is 0 Å². The molecule has 0 fully saturated rings. The van der Waals surface area contributed by atoms with Crippen LogP contribution < -0.4 is 4.74 Å². The van der Waals surface area contributed by atoms with Gasteiger partial charge in [0.25, 0.3) is 0 Å². The van der Waals surface area contributed by atoms with Crippen LogP contribution >= 0.6 is 23.8 Å². The van der Waals surface area contributed by atoms with Gasteiger partial charge in [0.15, 0.2) is 0 Å². The van der Waals surface area contributed by atoms with Crippen molar-refractivity contribution in [2.24, 2.45) is 0 Å². The smallest absolute Gasteiger partial charge is 0.211 e. The molecular formula is C7H8ClNOS. The van der Waals surface area contributed by atoms with Gasteiger partial charge in [-0.3, -0.25) is 0 Å². The van der Waals surface area contributed by atoms with E-state index in [2.05, 4.69) is 4.98 Å². The summed E-state index contributed by atoms with van der Waals surface area (Å²) in [4.78, 5) is 2.86. The lowest BCUT2D eigenvalue weighted by Crippen LogP contribution is -1.94. The Bertz CT molecular complexity index is 297. The van der Waals surface area contributed by atoms with Gasteiger partial charge in [0.2, 0.25) is 5.88 Å². The van der Waals surface area contributed by atoms with Crippen LogP contribution in [0, 0.1) is 4.51 Å². The molecule has 0 radical (unpaired) electrons. The fourth-order valence-corrected chi connectivity index (χ4v) is 1.02. The van der Waals surface area contributed by atoms with Crippen LogP contribution in [0.15, 0.2) is 12.3 Å². The Labute approximate surface area is 75.2 Å². The Balaban J connectivity index is 3.06. The second kappa shape index (κ2) is 3.74. The second-order valence-electron chi connectivity index (χ2n) is 1.92. The maximum atomic E-state index is 5.81. The Kier molecular flexibility index (Phi) is 2.91. The predicted molar refractivity (Wildman–Crippen MR) is 47.8 cm³/mol. The molecule has 0 amide bonds. The zero-order valence-electron chi connectivity index (χ0n) is 6.06. The third-order valence-corrected chi connectivity index (χ3v) is 1.98. The first-order valence-electron chi connectivity index (χ1n) is 3.25. The molecule has 0 saturated heterocycles. The van der Waals surface area contributed by atoms with Gasteiger partial charge in [-0.05, 0) is 13.0 Å². The van der Waals surface area contributed by atoms with Crippen LogP contribution in [-0.2, 0) is 0 Å². The van der Waals surface area contributed by atoms with Gasteiger partial charge in [0.1, 0.15) is 5.02 Å². The van der Waals surface area contributed by atoms with Crippen LogP contribution in [0.25, 0.3) is 0 Å². The number of rotatable bonds is 2. The quantitative estimate of drug-likeness (QED) is 0.724. The van der Waals surface area contributed by atoms with Crippen LogP contribution in [0.2, 0.25) is 5.02 Å². The Morgan fingerprint density at radius 3 is 3.09 bits per heavy atom. The molecule has 0 unspecified atom stereocenters. The topological polar surface area (TPSA) is 25.0 Å². The predicted octanol–water partition coefficient (Wildman–Crippen LogP) is 2.80. The van der Waals surface area contributed by atoms with Crippen molar-refractivity contribution in [1.82, 2.24) is 4.98 Å². The van der Waals surface area contributed by atoms with Gasteiger partial charge in [-0.2, -0.15) is 0 Å². The first-order chi connectivity index (χ1) is 5.25. The summed E-state index contributed by atoms with van der Waals surface area (Å²) in [5.74, 6) is 0.543. The number of nitrogens with one attached hydrogen (secondary N) is 1. The zero-order valence-corrected chi connectivity index (χ0v) is 7.63. The van der Waals surface area contributed by atoms with Crippen molar-refractivity contribution in [3.05, 3.63) is 21.8 Å². The summed E-state index contributed by atoms with van der Waals surface area (Å²) in [6.07, 6.45) is 1.71. The van der Waals surface area contributed by atoms with Crippen molar-refractivity contribution >= 4 is 23.8 Å². The first-order valence-corrected chi connectivity index (χ1v) is 4.04. The van der Waals surface area contributed by atoms with E-state index in [1.54, 1.807) is 12.3 Å². The van der Waals surface area contributed by atoms with E-state index in [0.717, 1.165) is 0 Å². The lowest BCUT2D eigenvalue weighted by molar-refractivity contribution is 0.327. The van der Waals surface area contributed by atoms with E-state index in [-0.39, 0.29) is 0 Å². The number of ether oxygens (including phenoxy) is 1. The molecule has 0 spiro atoms. The normalized spacial score (nSPS) is 9.64. The highest BCUT2D eigenvalue weighted by atomic mass is 35.5. The van der Waals surface area contributed by atoms with Crippen LogP contribution in [-0.4, -0.2) is 11.6 Å². The first kappa shape index (κ1) is 8.56. The molecule has 1 heterocycles. The van der Waals surface area contributed by atoms with Crippen LogP contribution in [0.4, 0.5) is 0 Å². The highest BCUT2D eigenvalue weighted by molar-refractivity contribution is 7.71. The number of aromatic nitrogens is 1. The minimum atomic E-state index is 0.476. The number of pyridine rings is 1. The minimum Gasteiger partial charge on any atom is -0.478 e. The summed E-state index contributed by atoms with van der Waals surface area (Å²) in [6, 6.07) is 1.72. The number of H-pyrrole nitrogens is 1. The van der Waals surface area contributed by atoms with Crippen molar-refractivity contribution in [2.75, 3.05) is 6.61 Å². The largest absolute Gasteiger partial charge is 0.478 e. The maximum Gasteiger partial charge on any atom is 0.211 e. The van der Waals surface area contributed by atoms with E-state index in [9.17, 15) is 0 Å². The van der Waals surface area contributed by atoms with Gasteiger partial charge in [0, 0.05) is 6.20 Å². The lowest BCUT2D eigenvalue weighted by Gasteiger charge is -2.03. The van der Waals surface area contributed by atoms with E-state index >= 15 is 0 Å². The van der Waals surface area contributed by atoms with E-state index in [1.165, 1.54) is 0 Å². The SMILES string of the molecule is CCOc1[nH]ccc(=S)c1Cl. The molecule has 0 aromatic carbocycles. The number of halogens is 1. The molecule has 1 N–H and O–H groups in total. The summed E-state index contributed by atoms with van der Waals surface area (Å²) >= 11 is 10.7. The molecule has 2 nitrogen and oxygen atoms in total. The average Bonchev–Trinajstić information content (AvgIpc) is 1.99. The van der Waals surface area contributed by atoms with Gasteiger partial charge in [-0.15, -0.1) is 0 Å². The monoisotopic (exact) mass is 189 g/mol. The third kappa shape index (κ3) is 1.94. The summed E-state index contributed by atoms with van der Waals surface area (Å²) < 4.78 is 5.77. The van der Waals surface area contributed by atoms with Gasteiger partial charge in [-0.1, -0.05) is 23.8 Å². The van der Waals surface area contributed by atoms with Crippen molar-refractivity contribution in [2.45, 2.75) is 6.92 Å². The van der Waals surface area contributed by atoms with Gasteiger partial charge in [-0.25, -0.2) is 0 Å². The molecule has 60 valence electrons.